The monoisotopic (exact) mass is 445 g/mol. The summed E-state index contributed by atoms with van der Waals surface area (Å²) in [5.41, 5.74) is 1.13. The predicted molar refractivity (Wildman–Crippen MR) is 120 cm³/mol. The highest BCUT2D eigenvalue weighted by Crippen LogP contribution is 2.32. The van der Waals surface area contributed by atoms with E-state index in [1.807, 2.05) is 43.0 Å². The summed E-state index contributed by atoms with van der Waals surface area (Å²) in [7, 11) is 0. The second-order valence-corrected chi connectivity index (χ2v) is 8.98. The van der Waals surface area contributed by atoms with Crippen LogP contribution in [0.3, 0.4) is 0 Å². The van der Waals surface area contributed by atoms with Crippen LogP contribution >= 0.6 is 11.6 Å². The zero-order valence-corrected chi connectivity index (χ0v) is 19.1. The fraction of sp³-hybridized carbons (Fsp3) is 0.609. The van der Waals surface area contributed by atoms with Crippen molar-refractivity contribution in [1.82, 2.24) is 25.0 Å². The summed E-state index contributed by atoms with van der Waals surface area (Å²) in [4.78, 5) is 15.1. The van der Waals surface area contributed by atoms with Gasteiger partial charge in [0.1, 0.15) is 5.82 Å². The van der Waals surface area contributed by atoms with Gasteiger partial charge >= 0.3 is 6.03 Å². The van der Waals surface area contributed by atoms with Crippen molar-refractivity contribution in [2.75, 3.05) is 13.2 Å². The lowest BCUT2D eigenvalue weighted by Gasteiger charge is -2.32. The number of benzene rings is 1. The number of ether oxygens (including phenoxy) is 1. The van der Waals surface area contributed by atoms with E-state index in [1.54, 1.807) is 0 Å². The molecule has 1 N–H and O–H groups in total. The maximum atomic E-state index is 13.1. The van der Waals surface area contributed by atoms with E-state index < -0.39 is 0 Å². The first kappa shape index (κ1) is 22.1. The fourth-order valence-corrected chi connectivity index (χ4v) is 4.88. The van der Waals surface area contributed by atoms with Gasteiger partial charge in [0.2, 0.25) is 0 Å². The van der Waals surface area contributed by atoms with Crippen LogP contribution in [0.25, 0.3) is 0 Å². The van der Waals surface area contributed by atoms with E-state index >= 15 is 0 Å². The Morgan fingerprint density at radius 2 is 1.90 bits per heavy atom. The van der Waals surface area contributed by atoms with E-state index in [2.05, 4.69) is 20.1 Å². The largest absolute Gasteiger partial charge is 0.379 e. The van der Waals surface area contributed by atoms with Gasteiger partial charge in [-0.15, -0.1) is 10.2 Å². The zero-order valence-electron chi connectivity index (χ0n) is 18.4. The van der Waals surface area contributed by atoms with Crippen molar-refractivity contribution in [2.24, 2.45) is 0 Å². The SMILES string of the molecule is CCOC1CCC(NC(=O)N2CCCC2c2nnc(C)n2Cc2ccc(Cl)cc2)CC1. The molecule has 2 heterocycles. The number of carbonyl (C=O) groups excluding carboxylic acids is 1. The number of aryl methyl sites for hydroxylation is 1. The Morgan fingerprint density at radius 1 is 1.16 bits per heavy atom. The first-order chi connectivity index (χ1) is 15.0. The van der Waals surface area contributed by atoms with Crippen LogP contribution in [0, 0.1) is 6.92 Å². The number of urea groups is 1. The minimum Gasteiger partial charge on any atom is -0.379 e. The molecule has 2 fully saturated rings. The van der Waals surface area contributed by atoms with Gasteiger partial charge in [0, 0.05) is 24.2 Å². The van der Waals surface area contributed by atoms with Crippen molar-refractivity contribution < 1.29 is 9.53 Å². The number of rotatable bonds is 6. The first-order valence-corrected chi connectivity index (χ1v) is 11.8. The van der Waals surface area contributed by atoms with E-state index in [0.717, 1.165) is 73.9 Å². The molecule has 0 bridgehead atoms. The van der Waals surface area contributed by atoms with E-state index in [0.29, 0.717) is 12.6 Å². The normalized spacial score (nSPS) is 23.8. The quantitative estimate of drug-likeness (QED) is 0.711. The van der Waals surface area contributed by atoms with Crippen LogP contribution in [0.5, 0.6) is 0 Å². The number of nitrogens with one attached hydrogen (secondary N) is 1. The Hall–Kier alpha value is -2.12. The summed E-state index contributed by atoms with van der Waals surface area (Å²) < 4.78 is 7.85. The zero-order chi connectivity index (χ0) is 21.8. The molecule has 1 aliphatic carbocycles. The van der Waals surface area contributed by atoms with Crippen LogP contribution in [0.1, 0.15) is 68.7 Å². The molecule has 2 aromatic rings. The third-order valence-corrected chi connectivity index (χ3v) is 6.69. The predicted octanol–water partition coefficient (Wildman–Crippen LogP) is 4.48. The molecule has 1 aliphatic heterocycles. The van der Waals surface area contributed by atoms with Gasteiger partial charge in [0.05, 0.1) is 18.7 Å². The Morgan fingerprint density at radius 3 is 2.61 bits per heavy atom. The van der Waals surface area contributed by atoms with Crippen molar-refractivity contribution >= 4 is 17.6 Å². The minimum atomic E-state index is -0.0479. The number of aromatic nitrogens is 3. The Balaban J connectivity index is 1.43. The van der Waals surface area contributed by atoms with Gasteiger partial charge in [0.15, 0.2) is 5.82 Å². The average molecular weight is 446 g/mol. The van der Waals surface area contributed by atoms with Crippen LogP contribution in [0.4, 0.5) is 4.79 Å². The smallest absolute Gasteiger partial charge is 0.318 e. The van der Waals surface area contributed by atoms with Crippen LogP contribution < -0.4 is 5.32 Å². The molecule has 1 unspecified atom stereocenters. The summed E-state index contributed by atoms with van der Waals surface area (Å²) in [6.07, 6.45) is 6.19. The topological polar surface area (TPSA) is 72.3 Å². The molecule has 0 spiro atoms. The molecular weight excluding hydrogens is 414 g/mol. The van der Waals surface area contributed by atoms with Crippen LogP contribution in [-0.4, -0.2) is 51.0 Å². The van der Waals surface area contributed by atoms with Gasteiger partial charge in [-0.05, 0) is 70.1 Å². The van der Waals surface area contributed by atoms with Crippen molar-refractivity contribution in [3.63, 3.8) is 0 Å². The lowest BCUT2D eigenvalue weighted by atomic mass is 9.93. The van der Waals surface area contributed by atoms with Gasteiger partial charge in [-0.3, -0.25) is 0 Å². The third-order valence-electron chi connectivity index (χ3n) is 6.43. The summed E-state index contributed by atoms with van der Waals surface area (Å²) in [5, 5.41) is 12.8. The number of likely N-dealkylation sites (tertiary alicyclic amines) is 1. The van der Waals surface area contributed by atoms with Gasteiger partial charge < -0.3 is 19.5 Å². The van der Waals surface area contributed by atoms with Crippen LogP contribution in [-0.2, 0) is 11.3 Å². The van der Waals surface area contributed by atoms with Crippen molar-refractivity contribution in [1.29, 1.82) is 0 Å². The minimum absolute atomic E-state index is 0.0149. The highest BCUT2D eigenvalue weighted by Gasteiger charge is 2.35. The van der Waals surface area contributed by atoms with Crippen molar-refractivity contribution in [3.05, 3.63) is 46.5 Å². The lowest BCUT2D eigenvalue weighted by Crippen LogP contribution is -2.46. The summed E-state index contributed by atoms with van der Waals surface area (Å²) in [5.74, 6) is 1.71. The maximum Gasteiger partial charge on any atom is 0.318 e. The number of hydrogen-bond acceptors (Lipinski definition) is 4. The molecule has 168 valence electrons. The molecule has 2 amide bonds. The second kappa shape index (κ2) is 10.0. The number of hydrogen-bond donors (Lipinski definition) is 1. The third kappa shape index (κ3) is 5.21. The Kier molecular flexibility index (Phi) is 7.13. The highest BCUT2D eigenvalue weighted by molar-refractivity contribution is 6.30. The average Bonchev–Trinajstić information content (AvgIpc) is 3.38. The molecule has 1 aromatic heterocycles. The molecule has 0 radical (unpaired) electrons. The first-order valence-electron chi connectivity index (χ1n) is 11.4. The Bertz CT molecular complexity index is 877. The van der Waals surface area contributed by atoms with E-state index in [4.69, 9.17) is 16.3 Å². The molecule has 31 heavy (non-hydrogen) atoms. The number of nitrogens with zero attached hydrogens (tertiary/aromatic N) is 4. The fourth-order valence-electron chi connectivity index (χ4n) is 4.76. The molecule has 4 rings (SSSR count). The summed E-state index contributed by atoms with van der Waals surface area (Å²) in [6.45, 7) is 6.17. The molecule has 1 aromatic carbocycles. The number of halogens is 1. The van der Waals surface area contributed by atoms with Crippen LogP contribution in [0.15, 0.2) is 24.3 Å². The molecule has 1 atom stereocenters. The van der Waals surface area contributed by atoms with Gasteiger partial charge in [-0.25, -0.2) is 4.79 Å². The standard InChI is InChI=1S/C23H32ClN5O2/c1-3-31-20-12-10-19(11-13-20)25-23(30)28-14-4-5-21(28)22-27-26-16(2)29(22)15-17-6-8-18(24)9-7-17/h6-9,19-21H,3-5,10-15H2,1-2H3,(H,25,30). The molecule has 1 saturated heterocycles. The number of carbonyl (C=O) groups is 1. The molecular formula is C23H32ClN5O2. The molecule has 7 nitrogen and oxygen atoms in total. The maximum absolute atomic E-state index is 13.1. The van der Waals surface area contributed by atoms with Gasteiger partial charge in [-0.2, -0.15) is 0 Å². The molecule has 2 aliphatic rings. The second-order valence-electron chi connectivity index (χ2n) is 8.55. The van der Waals surface area contributed by atoms with Gasteiger partial charge in [0.25, 0.3) is 0 Å². The molecule has 1 saturated carbocycles. The molecule has 8 heteroatoms. The highest BCUT2D eigenvalue weighted by atomic mass is 35.5. The summed E-state index contributed by atoms with van der Waals surface area (Å²) >= 11 is 6.03. The summed E-state index contributed by atoms with van der Waals surface area (Å²) in [6, 6.07) is 8.01. The van der Waals surface area contributed by atoms with Crippen molar-refractivity contribution in [3.8, 4) is 0 Å². The lowest BCUT2D eigenvalue weighted by molar-refractivity contribution is 0.0307. The van der Waals surface area contributed by atoms with E-state index in [-0.39, 0.29) is 18.1 Å². The van der Waals surface area contributed by atoms with E-state index in [9.17, 15) is 4.79 Å². The number of amides is 2. The van der Waals surface area contributed by atoms with Crippen molar-refractivity contribution in [2.45, 2.75) is 77.1 Å². The van der Waals surface area contributed by atoms with Crippen LogP contribution in [0.2, 0.25) is 5.02 Å². The van der Waals surface area contributed by atoms with Gasteiger partial charge in [-0.1, -0.05) is 23.7 Å². The Labute approximate surface area is 189 Å². The van der Waals surface area contributed by atoms with E-state index in [1.165, 1.54) is 0 Å².